The number of rotatable bonds is 0. The van der Waals surface area contributed by atoms with E-state index in [9.17, 15) is 4.39 Å². The molecule has 1 N–H and O–H groups in total. The van der Waals surface area contributed by atoms with Crippen LogP contribution in [0.2, 0.25) is 0 Å². The zero-order valence-corrected chi connectivity index (χ0v) is 4.62. The molecule has 2 unspecified atom stereocenters. The third-order valence-electron chi connectivity index (χ3n) is 0.983. The Morgan fingerprint density at radius 1 is 1.57 bits per heavy atom. The second-order valence-corrected chi connectivity index (χ2v) is 2.70. The van der Waals surface area contributed by atoms with E-state index in [2.05, 4.69) is 0 Å². The van der Waals surface area contributed by atoms with Crippen LogP contribution >= 0.6 is 11.8 Å². The standard InChI is InChI=1S/C4H7FOS/c5-3-1-7-2-4(3)6/h3-4,6H,1-2H2. The normalized spacial score (nSPS) is 42.0. The summed E-state index contributed by atoms with van der Waals surface area (Å²) in [5.41, 5.74) is 0. The van der Waals surface area contributed by atoms with Crippen LogP contribution in [0.15, 0.2) is 0 Å². The van der Waals surface area contributed by atoms with Gasteiger partial charge in [0.2, 0.25) is 0 Å². The summed E-state index contributed by atoms with van der Waals surface area (Å²) in [6.45, 7) is 0. The molecule has 1 aliphatic heterocycles. The van der Waals surface area contributed by atoms with Crippen LogP contribution in [0.5, 0.6) is 0 Å². The van der Waals surface area contributed by atoms with E-state index >= 15 is 0 Å². The number of aliphatic hydroxyl groups excluding tert-OH is 1. The minimum Gasteiger partial charge on any atom is -0.389 e. The second kappa shape index (κ2) is 2.01. The molecular weight excluding hydrogens is 115 g/mol. The molecule has 0 saturated carbocycles. The Bertz CT molecular complexity index is 60.7. The number of aliphatic hydroxyl groups is 1. The van der Waals surface area contributed by atoms with Gasteiger partial charge in [-0.05, 0) is 0 Å². The van der Waals surface area contributed by atoms with Gasteiger partial charge < -0.3 is 5.11 Å². The third kappa shape index (κ3) is 1.07. The van der Waals surface area contributed by atoms with Crippen LogP contribution in [-0.2, 0) is 0 Å². The molecule has 42 valence electrons. The quantitative estimate of drug-likeness (QED) is 0.503. The molecule has 0 aromatic carbocycles. The highest BCUT2D eigenvalue weighted by Crippen LogP contribution is 2.19. The molecule has 3 heteroatoms. The average Bonchev–Trinajstić information content (AvgIpc) is 1.91. The molecule has 1 nitrogen and oxygen atoms in total. The molecule has 0 spiro atoms. The highest BCUT2D eigenvalue weighted by atomic mass is 32.2. The van der Waals surface area contributed by atoms with Gasteiger partial charge in [-0.15, -0.1) is 0 Å². The smallest absolute Gasteiger partial charge is 0.136 e. The lowest BCUT2D eigenvalue weighted by Gasteiger charge is -1.98. The summed E-state index contributed by atoms with van der Waals surface area (Å²) >= 11 is 1.47. The van der Waals surface area contributed by atoms with Crippen molar-refractivity contribution in [3.05, 3.63) is 0 Å². The Balaban J connectivity index is 2.33. The first-order valence-corrected chi connectivity index (χ1v) is 3.36. The van der Waals surface area contributed by atoms with Gasteiger partial charge in [-0.1, -0.05) is 0 Å². The Kier molecular flexibility index (Phi) is 1.54. The van der Waals surface area contributed by atoms with Gasteiger partial charge in [0.05, 0.1) is 6.10 Å². The molecule has 0 radical (unpaired) electrons. The number of halogens is 1. The fraction of sp³-hybridized carbons (Fsp3) is 1.00. The maximum Gasteiger partial charge on any atom is 0.136 e. The molecular formula is C4H7FOS. The van der Waals surface area contributed by atoms with E-state index in [1.54, 1.807) is 0 Å². The zero-order chi connectivity index (χ0) is 5.28. The summed E-state index contributed by atoms with van der Waals surface area (Å²) in [5, 5.41) is 8.60. The molecule has 0 bridgehead atoms. The van der Waals surface area contributed by atoms with Gasteiger partial charge in [0.25, 0.3) is 0 Å². The van der Waals surface area contributed by atoms with Gasteiger partial charge in [0, 0.05) is 11.5 Å². The van der Waals surface area contributed by atoms with Crippen molar-refractivity contribution in [3.8, 4) is 0 Å². The van der Waals surface area contributed by atoms with Gasteiger partial charge in [0.15, 0.2) is 0 Å². The Morgan fingerprint density at radius 2 is 2.29 bits per heavy atom. The van der Waals surface area contributed by atoms with E-state index < -0.39 is 12.3 Å². The van der Waals surface area contributed by atoms with Crippen LogP contribution in [0.1, 0.15) is 0 Å². The second-order valence-electron chi connectivity index (χ2n) is 1.62. The lowest BCUT2D eigenvalue weighted by molar-refractivity contribution is 0.118. The first-order chi connectivity index (χ1) is 3.30. The molecule has 0 amide bonds. The van der Waals surface area contributed by atoms with E-state index in [4.69, 9.17) is 5.11 Å². The molecule has 0 aromatic heterocycles. The van der Waals surface area contributed by atoms with Gasteiger partial charge in [-0.2, -0.15) is 11.8 Å². The van der Waals surface area contributed by atoms with Crippen molar-refractivity contribution in [3.63, 3.8) is 0 Å². The van der Waals surface area contributed by atoms with E-state index in [1.165, 1.54) is 11.8 Å². The Morgan fingerprint density at radius 3 is 2.43 bits per heavy atom. The highest BCUT2D eigenvalue weighted by molar-refractivity contribution is 7.99. The predicted molar refractivity (Wildman–Crippen MR) is 28.2 cm³/mol. The SMILES string of the molecule is OC1CSCC1F. The summed E-state index contributed by atoms with van der Waals surface area (Å²) in [4.78, 5) is 0. The van der Waals surface area contributed by atoms with Crippen molar-refractivity contribution in [1.29, 1.82) is 0 Å². The van der Waals surface area contributed by atoms with Crippen LogP contribution < -0.4 is 0 Å². The minimum absolute atomic E-state index is 0.473. The van der Waals surface area contributed by atoms with Crippen LogP contribution in [0.25, 0.3) is 0 Å². The number of thioether (sulfide) groups is 1. The first-order valence-electron chi connectivity index (χ1n) is 2.20. The lowest BCUT2D eigenvalue weighted by atomic mass is 10.3. The fourth-order valence-corrected chi connectivity index (χ4v) is 1.55. The van der Waals surface area contributed by atoms with E-state index in [-0.39, 0.29) is 0 Å². The van der Waals surface area contributed by atoms with Gasteiger partial charge >= 0.3 is 0 Å². The van der Waals surface area contributed by atoms with Crippen molar-refractivity contribution in [2.75, 3.05) is 11.5 Å². The lowest BCUT2D eigenvalue weighted by Crippen LogP contribution is -2.17. The molecule has 1 fully saturated rings. The van der Waals surface area contributed by atoms with Gasteiger partial charge in [-0.25, -0.2) is 4.39 Å². The van der Waals surface area contributed by atoms with Crippen LogP contribution in [0.4, 0.5) is 4.39 Å². The van der Waals surface area contributed by atoms with E-state index in [0.29, 0.717) is 11.5 Å². The fourth-order valence-electron chi connectivity index (χ4n) is 0.517. The molecule has 7 heavy (non-hydrogen) atoms. The first kappa shape index (κ1) is 5.38. The molecule has 1 aliphatic rings. The molecule has 2 atom stereocenters. The summed E-state index contributed by atoms with van der Waals surface area (Å²) in [6, 6.07) is 0. The molecule has 0 aromatic rings. The summed E-state index contributed by atoms with van der Waals surface area (Å²) in [5.74, 6) is 1.04. The van der Waals surface area contributed by atoms with Crippen molar-refractivity contribution >= 4 is 11.8 Å². The van der Waals surface area contributed by atoms with Gasteiger partial charge in [-0.3, -0.25) is 0 Å². The highest BCUT2D eigenvalue weighted by Gasteiger charge is 2.24. The van der Waals surface area contributed by atoms with E-state index in [0.717, 1.165) is 0 Å². The summed E-state index contributed by atoms with van der Waals surface area (Å²) in [6.07, 6.45) is -1.66. The van der Waals surface area contributed by atoms with E-state index in [1.807, 2.05) is 0 Å². The monoisotopic (exact) mass is 122 g/mol. The average molecular weight is 122 g/mol. The zero-order valence-electron chi connectivity index (χ0n) is 3.80. The van der Waals surface area contributed by atoms with Crippen LogP contribution in [0.3, 0.4) is 0 Å². The third-order valence-corrected chi connectivity index (χ3v) is 2.11. The van der Waals surface area contributed by atoms with Crippen LogP contribution in [-0.4, -0.2) is 28.9 Å². The van der Waals surface area contributed by atoms with Crippen molar-refractivity contribution < 1.29 is 9.50 Å². The number of hydrogen-bond donors (Lipinski definition) is 1. The maximum atomic E-state index is 12.0. The number of alkyl halides is 1. The van der Waals surface area contributed by atoms with Crippen molar-refractivity contribution in [2.45, 2.75) is 12.3 Å². The largest absolute Gasteiger partial charge is 0.389 e. The Hall–Kier alpha value is 0.240. The van der Waals surface area contributed by atoms with Gasteiger partial charge in [0.1, 0.15) is 6.17 Å². The predicted octanol–water partition coefficient (Wildman–Crippen LogP) is 0.432. The summed E-state index contributed by atoms with van der Waals surface area (Å²) < 4.78 is 12.0. The Labute approximate surface area is 45.9 Å². The van der Waals surface area contributed by atoms with Crippen LogP contribution in [0, 0.1) is 0 Å². The van der Waals surface area contributed by atoms with Crippen molar-refractivity contribution in [1.82, 2.24) is 0 Å². The molecule has 1 heterocycles. The molecule has 1 rings (SSSR count). The minimum atomic E-state index is -0.968. The maximum absolute atomic E-state index is 12.0. The van der Waals surface area contributed by atoms with Crippen molar-refractivity contribution in [2.24, 2.45) is 0 Å². The summed E-state index contributed by atoms with van der Waals surface area (Å²) in [7, 11) is 0. The molecule has 1 saturated heterocycles. The topological polar surface area (TPSA) is 20.2 Å². The molecule has 0 aliphatic carbocycles. The number of hydrogen-bond acceptors (Lipinski definition) is 2.